The van der Waals surface area contributed by atoms with Gasteiger partial charge < -0.3 is 10.8 Å². The van der Waals surface area contributed by atoms with Gasteiger partial charge in [0.2, 0.25) is 10.0 Å². The molecule has 142 valence electrons. The van der Waals surface area contributed by atoms with E-state index in [2.05, 4.69) is 14.7 Å². The lowest BCUT2D eigenvalue weighted by molar-refractivity contribution is 0.137. The molecule has 8 nitrogen and oxygen atoms in total. The molecule has 0 aliphatic heterocycles. The highest BCUT2D eigenvalue weighted by molar-refractivity contribution is 7.89. The molecule has 1 saturated carbocycles. The van der Waals surface area contributed by atoms with E-state index in [9.17, 15) is 8.42 Å². The number of sulfonamides is 1. The van der Waals surface area contributed by atoms with Crippen molar-refractivity contribution in [3.63, 3.8) is 0 Å². The van der Waals surface area contributed by atoms with Gasteiger partial charge in [0.15, 0.2) is 11.5 Å². The van der Waals surface area contributed by atoms with E-state index in [1.807, 2.05) is 6.92 Å². The quantitative estimate of drug-likeness (QED) is 0.607. The number of nitrogens with two attached hydrogens (primary N) is 1. The Labute approximate surface area is 157 Å². The van der Waals surface area contributed by atoms with E-state index in [0.29, 0.717) is 24.3 Å². The maximum Gasteiger partial charge on any atom is 0.240 e. The Bertz CT molecular complexity index is 1100. The lowest BCUT2D eigenvalue weighted by atomic mass is 9.82. The van der Waals surface area contributed by atoms with Gasteiger partial charge in [0.25, 0.3) is 0 Å². The molecule has 4 rings (SSSR count). The zero-order chi connectivity index (χ0) is 19.2. The molecule has 0 radical (unpaired) electrons. The number of nitrogens with zero attached hydrogens (tertiary/aromatic N) is 3. The average molecular weight is 387 g/mol. The van der Waals surface area contributed by atoms with Crippen molar-refractivity contribution in [1.29, 1.82) is 0 Å². The van der Waals surface area contributed by atoms with Crippen molar-refractivity contribution < 1.29 is 13.5 Å². The predicted octanol–water partition coefficient (Wildman–Crippen LogP) is 1.34. The van der Waals surface area contributed by atoms with Crippen LogP contribution in [-0.2, 0) is 10.0 Å². The Morgan fingerprint density at radius 1 is 1.33 bits per heavy atom. The SMILES string of the molecule is Cc1ccc(S(=O)(=O)NC2CC(CO)C2)cc1-c1cnc2c(N)nccn12. The van der Waals surface area contributed by atoms with Crippen LogP contribution in [0, 0.1) is 12.8 Å². The number of hydrogen-bond acceptors (Lipinski definition) is 6. The second-order valence-corrected chi connectivity index (χ2v) is 8.68. The average Bonchev–Trinajstić information content (AvgIpc) is 3.03. The number of anilines is 1. The van der Waals surface area contributed by atoms with Gasteiger partial charge in [0, 0.05) is 30.6 Å². The van der Waals surface area contributed by atoms with Crippen LogP contribution >= 0.6 is 0 Å². The third kappa shape index (κ3) is 3.18. The minimum absolute atomic E-state index is 0.0964. The molecule has 2 aromatic heterocycles. The second kappa shape index (κ2) is 6.59. The van der Waals surface area contributed by atoms with Crippen LogP contribution in [0.1, 0.15) is 18.4 Å². The van der Waals surface area contributed by atoms with Gasteiger partial charge in [-0.25, -0.2) is 23.1 Å². The van der Waals surface area contributed by atoms with Crippen LogP contribution in [-0.4, -0.2) is 40.5 Å². The Morgan fingerprint density at radius 3 is 2.85 bits per heavy atom. The molecule has 3 aromatic rings. The van der Waals surface area contributed by atoms with Gasteiger partial charge in [-0.3, -0.25) is 4.40 Å². The van der Waals surface area contributed by atoms with E-state index < -0.39 is 10.0 Å². The summed E-state index contributed by atoms with van der Waals surface area (Å²) in [6, 6.07) is 4.91. The van der Waals surface area contributed by atoms with Crippen LogP contribution in [0.25, 0.3) is 16.9 Å². The summed E-state index contributed by atoms with van der Waals surface area (Å²) in [6.07, 6.45) is 6.31. The third-order valence-electron chi connectivity index (χ3n) is 5.07. The molecule has 0 spiro atoms. The first kappa shape index (κ1) is 17.9. The van der Waals surface area contributed by atoms with Crippen LogP contribution in [0.4, 0.5) is 5.82 Å². The third-order valence-corrected chi connectivity index (χ3v) is 6.58. The summed E-state index contributed by atoms with van der Waals surface area (Å²) < 4.78 is 30.0. The summed E-state index contributed by atoms with van der Waals surface area (Å²) >= 11 is 0. The summed E-state index contributed by atoms with van der Waals surface area (Å²) in [4.78, 5) is 8.53. The van der Waals surface area contributed by atoms with Gasteiger partial charge in [-0.15, -0.1) is 0 Å². The summed E-state index contributed by atoms with van der Waals surface area (Å²) in [5.74, 6) is 0.499. The van der Waals surface area contributed by atoms with Crippen LogP contribution in [0.5, 0.6) is 0 Å². The molecule has 1 aliphatic rings. The Kier molecular flexibility index (Phi) is 4.37. The minimum atomic E-state index is -3.64. The lowest BCUT2D eigenvalue weighted by Crippen LogP contribution is -2.45. The van der Waals surface area contributed by atoms with Crippen molar-refractivity contribution in [1.82, 2.24) is 19.1 Å². The van der Waals surface area contributed by atoms with Gasteiger partial charge in [0.1, 0.15) is 0 Å². The fourth-order valence-corrected chi connectivity index (χ4v) is 4.74. The molecule has 0 amide bonds. The first-order valence-corrected chi connectivity index (χ1v) is 10.2. The smallest absolute Gasteiger partial charge is 0.240 e. The number of imidazole rings is 1. The number of rotatable bonds is 5. The Balaban J connectivity index is 1.70. The van der Waals surface area contributed by atoms with Crippen molar-refractivity contribution >= 4 is 21.5 Å². The molecular formula is C18H21N5O3S. The standard InChI is InChI=1S/C18H21N5O3S/c1-11-2-3-14(27(25,26)22-13-6-12(7-13)10-24)8-15(11)16-9-21-18-17(19)20-4-5-23(16)18/h2-5,8-9,12-13,22,24H,6-7,10H2,1H3,(H2,19,20). The highest BCUT2D eigenvalue weighted by atomic mass is 32.2. The number of aliphatic hydroxyl groups excluding tert-OH is 1. The normalized spacial score (nSPS) is 19.9. The molecule has 2 heterocycles. The van der Waals surface area contributed by atoms with Gasteiger partial charge in [-0.2, -0.15) is 0 Å². The molecule has 9 heteroatoms. The number of aryl methyl sites for hydroxylation is 1. The minimum Gasteiger partial charge on any atom is -0.396 e. The fraction of sp³-hybridized carbons (Fsp3) is 0.333. The van der Waals surface area contributed by atoms with Crippen LogP contribution in [0.15, 0.2) is 41.7 Å². The molecule has 0 atom stereocenters. The number of aliphatic hydroxyl groups is 1. The number of nitrogens with one attached hydrogen (secondary N) is 1. The molecule has 0 bridgehead atoms. The molecule has 4 N–H and O–H groups in total. The van der Waals surface area contributed by atoms with E-state index in [0.717, 1.165) is 16.8 Å². The van der Waals surface area contributed by atoms with Crippen LogP contribution < -0.4 is 10.5 Å². The lowest BCUT2D eigenvalue weighted by Gasteiger charge is -2.34. The zero-order valence-electron chi connectivity index (χ0n) is 14.8. The van der Waals surface area contributed by atoms with E-state index in [1.165, 1.54) is 0 Å². The number of aromatic nitrogens is 3. The van der Waals surface area contributed by atoms with Gasteiger partial charge in [0.05, 0.1) is 16.8 Å². The highest BCUT2D eigenvalue weighted by Crippen LogP contribution is 2.30. The van der Waals surface area contributed by atoms with Crippen LogP contribution in [0.3, 0.4) is 0 Å². The monoisotopic (exact) mass is 387 g/mol. The molecular weight excluding hydrogens is 366 g/mol. The summed E-state index contributed by atoms with van der Waals surface area (Å²) in [5, 5.41) is 9.10. The number of fused-ring (bicyclic) bond motifs is 1. The van der Waals surface area contributed by atoms with Gasteiger partial charge in [-0.1, -0.05) is 6.07 Å². The van der Waals surface area contributed by atoms with Crippen molar-refractivity contribution in [2.75, 3.05) is 12.3 Å². The van der Waals surface area contributed by atoms with Crippen molar-refractivity contribution in [3.05, 3.63) is 42.4 Å². The summed E-state index contributed by atoms with van der Waals surface area (Å²) in [7, 11) is -3.64. The zero-order valence-corrected chi connectivity index (χ0v) is 15.6. The largest absolute Gasteiger partial charge is 0.396 e. The molecule has 1 aromatic carbocycles. The van der Waals surface area contributed by atoms with E-state index in [4.69, 9.17) is 10.8 Å². The number of nitrogen functional groups attached to an aromatic ring is 1. The first-order chi connectivity index (χ1) is 12.9. The highest BCUT2D eigenvalue weighted by Gasteiger charge is 2.32. The maximum absolute atomic E-state index is 12.8. The van der Waals surface area contributed by atoms with Crippen molar-refractivity contribution in [2.45, 2.75) is 30.7 Å². The van der Waals surface area contributed by atoms with Crippen molar-refractivity contribution in [2.24, 2.45) is 5.92 Å². The second-order valence-electron chi connectivity index (χ2n) is 6.96. The fourth-order valence-electron chi connectivity index (χ4n) is 3.45. The summed E-state index contributed by atoms with van der Waals surface area (Å²) in [5.41, 5.74) is 8.83. The number of benzene rings is 1. The molecule has 0 unspecified atom stereocenters. The van der Waals surface area contributed by atoms with E-state index >= 15 is 0 Å². The van der Waals surface area contributed by atoms with Gasteiger partial charge in [-0.05, 0) is 43.4 Å². The Morgan fingerprint density at radius 2 is 2.11 bits per heavy atom. The van der Waals surface area contributed by atoms with E-state index in [-0.39, 0.29) is 23.5 Å². The molecule has 1 aliphatic carbocycles. The number of hydrogen-bond donors (Lipinski definition) is 3. The molecule has 0 saturated heterocycles. The van der Waals surface area contributed by atoms with Crippen molar-refractivity contribution in [3.8, 4) is 11.3 Å². The maximum atomic E-state index is 12.8. The summed E-state index contributed by atoms with van der Waals surface area (Å²) in [6.45, 7) is 2.01. The Hall–Kier alpha value is -2.49. The first-order valence-electron chi connectivity index (χ1n) is 8.71. The molecule has 27 heavy (non-hydrogen) atoms. The van der Waals surface area contributed by atoms with Gasteiger partial charge >= 0.3 is 0 Å². The van der Waals surface area contributed by atoms with E-state index in [1.54, 1.807) is 41.2 Å². The topological polar surface area (TPSA) is 123 Å². The molecule has 1 fully saturated rings. The predicted molar refractivity (Wildman–Crippen MR) is 101 cm³/mol. The van der Waals surface area contributed by atoms with Crippen LogP contribution in [0.2, 0.25) is 0 Å².